The quantitative estimate of drug-likeness (QED) is 0.408. The third-order valence-corrected chi connectivity index (χ3v) is 1.72. The van der Waals surface area contributed by atoms with E-state index >= 15 is 0 Å². The van der Waals surface area contributed by atoms with Gasteiger partial charge < -0.3 is 0 Å². The Morgan fingerprint density at radius 1 is 1.33 bits per heavy atom. The first-order chi connectivity index (χ1) is 7.22. The van der Waals surface area contributed by atoms with Crippen LogP contribution in [0.2, 0.25) is 0 Å². The summed E-state index contributed by atoms with van der Waals surface area (Å²) < 4.78 is 0. The van der Waals surface area contributed by atoms with Crippen molar-refractivity contribution in [2.45, 2.75) is 0 Å². The molecule has 0 saturated heterocycles. The van der Waals surface area contributed by atoms with E-state index in [2.05, 4.69) is 22.7 Å². The summed E-state index contributed by atoms with van der Waals surface area (Å²) in [5.74, 6) is -0.345. The fraction of sp³-hybridized carbons (Fsp3) is 0. The van der Waals surface area contributed by atoms with Crippen molar-refractivity contribution in [1.29, 1.82) is 0 Å². The molecular weight excluding hydrogens is 210 g/mol. The fourth-order valence-electron chi connectivity index (χ4n) is 0.845. The number of para-hydroxylation sites is 1. The highest BCUT2D eigenvalue weighted by molar-refractivity contribution is 7.80. The molecule has 1 aromatic rings. The Kier molecular flexibility index (Phi) is 4.30. The van der Waals surface area contributed by atoms with Crippen LogP contribution in [-0.2, 0) is 4.79 Å². The first-order valence-electron chi connectivity index (χ1n) is 4.27. The summed E-state index contributed by atoms with van der Waals surface area (Å²) in [4.78, 5) is 10.8. The molecule has 0 atom stereocenters. The van der Waals surface area contributed by atoms with E-state index in [1.165, 1.54) is 0 Å². The number of nitrogens with one attached hydrogen (secondary N) is 3. The van der Waals surface area contributed by atoms with Gasteiger partial charge in [-0.1, -0.05) is 24.8 Å². The minimum Gasteiger partial charge on any atom is -0.299 e. The normalized spacial score (nSPS) is 8.80. The second-order valence-electron chi connectivity index (χ2n) is 2.64. The van der Waals surface area contributed by atoms with Crippen LogP contribution in [0.3, 0.4) is 0 Å². The zero-order valence-electron chi connectivity index (χ0n) is 7.99. The molecule has 0 radical (unpaired) electrons. The first kappa shape index (κ1) is 11.2. The number of thiocarbonyl (C=S) groups is 1. The van der Waals surface area contributed by atoms with Crippen LogP contribution in [0.1, 0.15) is 0 Å². The van der Waals surface area contributed by atoms with Crippen LogP contribution in [0.15, 0.2) is 43.0 Å². The highest BCUT2D eigenvalue weighted by Crippen LogP contribution is 2.02. The molecule has 15 heavy (non-hydrogen) atoms. The van der Waals surface area contributed by atoms with E-state index in [9.17, 15) is 4.79 Å². The van der Waals surface area contributed by atoms with Gasteiger partial charge in [0.2, 0.25) is 5.91 Å². The van der Waals surface area contributed by atoms with Crippen LogP contribution >= 0.6 is 12.2 Å². The molecule has 0 aliphatic heterocycles. The van der Waals surface area contributed by atoms with Crippen molar-refractivity contribution in [1.82, 2.24) is 10.7 Å². The number of hydrogen-bond acceptors (Lipinski definition) is 3. The molecule has 1 amide bonds. The molecule has 1 rings (SSSR count). The van der Waals surface area contributed by atoms with Crippen molar-refractivity contribution in [3.05, 3.63) is 43.0 Å². The van der Waals surface area contributed by atoms with Crippen LogP contribution in [0.5, 0.6) is 0 Å². The smallest absolute Gasteiger partial charge is 0.249 e. The predicted octanol–water partition coefficient (Wildman–Crippen LogP) is 1.19. The molecule has 0 aliphatic carbocycles. The van der Waals surface area contributed by atoms with Crippen LogP contribution in [0.4, 0.5) is 5.69 Å². The van der Waals surface area contributed by atoms with Gasteiger partial charge in [0.25, 0.3) is 0 Å². The van der Waals surface area contributed by atoms with Gasteiger partial charge in [0.15, 0.2) is 5.11 Å². The van der Waals surface area contributed by atoms with E-state index in [1.807, 2.05) is 30.3 Å². The van der Waals surface area contributed by atoms with Gasteiger partial charge in [0.05, 0.1) is 5.69 Å². The number of hydrazine groups is 1. The predicted molar refractivity (Wildman–Crippen MR) is 64.1 cm³/mol. The van der Waals surface area contributed by atoms with Crippen molar-refractivity contribution >= 4 is 28.9 Å². The first-order valence-corrected chi connectivity index (χ1v) is 4.67. The minimum absolute atomic E-state index is 0.198. The Labute approximate surface area is 93.3 Å². The molecule has 3 N–H and O–H groups in total. The number of anilines is 1. The Morgan fingerprint density at radius 2 is 2.00 bits per heavy atom. The SMILES string of the molecule is C=CC(=O)NC(=S)NNc1ccccc1. The maximum absolute atomic E-state index is 10.8. The standard InChI is InChI=1S/C10H11N3OS/c1-2-9(14)11-10(15)13-12-8-6-4-3-5-7-8/h2-7,12H,1H2,(H2,11,13,14,15). The largest absolute Gasteiger partial charge is 0.299 e. The fourth-order valence-corrected chi connectivity index (χ4v) is 0.996. The van der Waals surface area contributed by atoms with Crippen molar-refractivity contribution in [2.75, 3.05) is 5.43 Å². The van der Waals surface area contributed by atoms with E-state index in [-0.39, 0.29) is 11.0 Å². The van der Waals surface area contributed by atoms with Gasteiger partial charge in [-0.05, 0) is 30.4 Å². The topological polar surface area (TPSA) is 53.2 Å². The number of amides is 1. The third-order valence-electron chi connectivity index (χ3n) is 1.52. The lowest BCUT2D eigenvalue weighted by Crippen LogP contribution is -2.41. The summed E-state index contributed by atoms with van der Waals surface area (Å²) in [6, 6.07) is 9.41. The highest BCUT2D eigenvalue weighted by atomic mass is 32.1. The summed E-state index contributed by atoms with van der Waals surface area (Å²) in [5.41, 5.74) is 6.35. The second kappa shape index (κ2) is 5.77. The number of rotatable bonds is 3. The molecule has 0 saturated carbocycles. The molecule has 0 aromatic heterocycles. The van der Waals surface area contributed by atoms with Crippen LogP contribution in [-0.4, -0.2) is 11.0 Å². The number of carbonyl (C=O) groups excluding carboxylic acids is 1. The summed E-state index contributed by atoms with van der Waals surface area (Å²) >= 11 is 4.84. The van der Waals surface area contributed by atoms with Gasteiger partial charge in [-0.2, -0.15) is 0 Å². The van der Waals surface area contributed by atoms with Gasteiger partial charge in [-0.3, -0.25) is 21.0 Å². The van der Waals surface area contributed by atoms with Gasteiger partial charge >= 0.3 is 0 Å². The molecule has 0 unspecified atom stereocenters. The van der Waals surface area contributed by atoms with Gasteiger partial charge in [-0.25, -0.2) is 0 Å². The molecule has 0 spiro atoms. The van der Waals surface area contributed by atoms with E-state index in [0.29, 0.717) is 0 Å². The molecule has 5 heteroatoms. The zero-order chi connectivity index (χ0) is 11.1. The lowest BCUT2D eigenvalue weighted by molar-refractivity contribution is -0.115. The lowest BCUT2D eigenvalue weighted by Gasteiger charge is -2.10. The number of benzene rings is 1. The zero-order valence-corrected chi connectivity index (χ0v) is 8.80. The highest BCUT2D eigenvalue weighted by Gasteiger charge is 1.98. The molecule has 78 valence electrons. The van der Waals surface area contributed by atoms with Crippen LogP contribution < -0.4 is 16.2 Å². The van der Waals surface area contributed by atoms with Gasteiger partial charge in [-0.15, -0.1) is 0 Å². The second-order valence-corrected chi connectivity index (χ2v) is 3.05. The maximum atomic E-state index is 10.8. The number of carbonyl (C=O) groups is 1. The summed E-state index contributed by atoms with van der Waals surface area (Å²) in [7, 11) is 0. The van der Waals surface area contributed by atoms with E-state index < -0.39 is 0 Å². The lowest BCUT2D eigenvalue weighted by atomic mass is 10.3. The average Bonchev–Trinajstić information content (AvgIpc) is 2.27. The van der Waals surface area contributed by atoms with Crippen molar-refractivity contribution < 1.29 is 4.79 Å². The van der Waals surface area contributed by atoms with E-state index in [4.69, 9.17) is 12.2 Å². The van der Waals surface area contributed by atoms with Gasteiger partial charge in [0.1, 0.15) is 0 Å². The van der Waals surface area contributed by atoms with E-state index in [0.717, 1.165) is 11.8 Å². The summed E-state index contributed by atoms with van der Waals surface area (Å²) in [6.07, 6.45) is 1.15. The van der Waals surface area contributed by atoms with Crippen molar-refractivity contribution in [3.63, 3.8) is 0 Å². The molecule has 1 aromatic carbocycles. The van der Waals surface area contributed by atoms with Crippen molar-refractivity contribution in [2.24, 2.45) is 0 Å². The van der Waals surface area contributed by atoms with E-state index in [1.54, 1.807) is 0 Å². The Balaban J connectivity index is 2.35. The Hall–Kier alpha value is -1.88. The minimum atomic E-state index is -0.345. The molecule has 0 heterocycles. The van der Waals surface area contributed by atoms with Crippen LogP contribution in [0, 0.1) is 0 Å². The average molecular weight is 221 g/mol. The molecule has 0 fully saturated rings. The molecular formula is C10H11N3OS. The molecule has 4 nitrogen and oxygen atoms in total. The molecule has 0 bridgehead atoms. The Morgan fingerprint density at radius 3 is 2.60 bits per heavy atom. The monoisotopic (exact) mass is 221 g/mol. The summed E-state index contributed by atoms with van der Waals surface area (Å²) in [6.45, 7) is 3.31. The number of hydrogen-bond donors (Lipinski definition) is 3. The molecule has 0 aliphatic rings. The summed E-state index contributed by atoms with van der Waals surface area (Å²) in [5, 5.41) is 2.60. The Bertz CT molecular complexity index is 364. The maximum Gasteiger partial charge on any atom is 0.249 e. The third kappa shape index (κ3) is 4.24. The van der Waals surface area contributed by atoms with Crippen LogP contribution in [0.25, 0.3) is 0 Å². The van der Waals surface area contributed by atoms with Crippen molar-refractivity contribution in [3.8, 4) is 0 Å². The van der Waals surface area contributed by atoms with Gasteiger partial charge in [0, 0.05) is 0 Å².